The van der Waals surface area contributed by atoms with E-state index in [1.165, 1.54) is 0 Å². The Morgan fingerprint density at radius 1 is 0.704 bits per heavy atom. The lowest BCUT2D eigenvalue weighted by Crippen LogP contribution is -2.50. The minimum absolute atomic E-state index is 0.0188. The minimum atomic E-state index is -0.414. The molecule has 2 aliphatic rings. The smallest absolute Gasteiger partial charge is 0.252 e. The molecule has 2 atom stereocenters. The van der Waals surface area contributed by atoms with Crippen LogP contribution in [0, 0.1) is 23.2 Å². The second kappa shape index (κ2) is 6.42. The number of hydrogen-bond acceptors (Lipinski definition) is 4. The number of amides is 2. The third-order valence-corrected chi connectivity index (χ3v) is 5.35. The molecular weight excluding hydrogens is 340 g/mol. The van der Waals surface area contributed by atoms with Crippen molar-refractivity contribution in [3.05, 3.63) is 0 Å². The first-order chi connectivity index (χ1) is 12.0. The van der Waals surface area contributed by atoms with E-state index in [4.69, 9.17) is 0 Å². The van der Waals surface area contributed by atoms with Gasteiger partial charge in [0.15, 0.2) is 0 Å². The van der Waals surface area contributed by atoms with Crippen LogP contribution in [-0.4, -0.2) is 44.3 Å². The summed E-state index contributed by atoms with van der Waals surface area (Å²) in [5.41, 5.74) is 0.510. The van der Waals surface area contributed by atoms with Crippen molar-refractivity contribution in [2.24, 2.45) is 33.4 Å². The maximum Gasteiger partial charge on any atom is 0.252 e. The fraction of sp³-hybridized carbons (Fsp3) is 0.810. The lowest BCUT2D eigenvalue weighted by molar-refractivity contribution is -0.143. The van der Waals surface area contributed by atoms with Crippen LogP contribution >= 0.6 is 0 Å². The van der Waals surface area contributed by atoms with E-state index < -0.39 is 22.9 Å². The zero-order valence-electron chi connectivity index (χ0n) is 18.8. The highest BCUT2D eigenvalue weighted by Crippen LogP contribution is 2.45. The molecule has 2 rings (SSSR count). The number of nitrogens with zero attached hydrogens (tertiary/aromatic N) is 4. The molecule has 2 aliphatic heterocycles. The molecule has 0 aliphatic carbocycles. The fourth-order valence-corrected chi connectivity index (χ4v) is 4.14. The molecule has 0 bridgehead atoms. The van der Waals surface area contributed by atoms with E-state index in [1.807, 2.05) is 55.4 Å². The summed E-state index contributed by atoms with van der Waals surface area (Å²) < 4.78 is 0. The van der Waals surface area contributed by atoms with Crippen LogP contribution in [0.5, 0.6) is 0 Å². The van der Waals surface area contributed by atoms with E-state index >= 15 is 0 Å². The van der Waals surface area contributed by atoms with Gasteiger partial charge in [-0.15, -0.1) is 0 Å². The van der Waals surface area contributed by atoms with Crippen molar-refractivity contribution < 1.29 is 9.59 Å². The number of hydrazone groups is 2. The van der Waals surface area contributed by atoms with Crippen LogP contribution < -0.4 is 0 Å². The fourth-order valence-electron chi connectivity index (χ4n) is 4.14. The third kappa shape index (κ3) is 3.81. The molecule has 0 saturated heterocycles. The molecule has 2 amide bonds. The van der Waals surface area contributed by atoms with E-state index in [2.05, 4.69) is 31.0 Å². The van der Waals surface area contributed by atoms with Crippen molar-refractivity contribution in [2.45, 2.75) is 87.2 Å². The SMILES string of the molecule is CC1=NN(C(C)(C)C)C(=O)C1C(C1C(=O)N(C(C)(C)C)N=C1C)C(C)(C)C. The van der Waals surface area contributed by atoms with Crippen LogP contribution in [0.25, 0.3) is 0 Å². The summed E-state index contributed by atoms with van der Waals surface area (Å²) in [5.74, 6) is -1.07. The molecular formula is C21H36N4O2. The van der Waals surface area contributed by atoms with E-state index in [1.54, 1.807) is 10.0 Å². The third-order valence-electron chi connectivity index (χ3n) is 5.35. The van der Waals surface area contributed by atoms with Crippen molar-refractivity contribution in [1.29, 1.82) is 0 Å². The molecule has 2 unspecified atom stereocenters. The van der Waals surface area contributed by atoms with Crippen LogP contribution in [0.15, 0.2) is 10.2 Å². The van der Waals surface area contributed by atoms with Crippen molar-refractivity contribution >= 4 is 23.2 Å². The maximum absolute atomic E-state index is 13.3. The first-order valence-electron chi connectivity index (χ1n) is 9.76. The predicted octanol–water partition coefficient (Wildman–Crippen LogP) is 3.91. The lowest BCUT2D eigenvalue weighted by Gasteiger charge is -2.39. The van der Waals surface area contributed by atoms with Gasteiger partial charge < -0.3 is 0 Å². The highest BCUT2D eigenvalue weighted by molar-refractivity contribution is 6.11. The summed E-state index contributed by atoms with van der Waals surface area (Å²) in [6, 6.07) is 0. The highest BCUT2D eigenvalue weighted by atomic mass is 16.2. The Labute approximate surface area is 164 Å². The number of hydrogen-bond donors (Lipinski definition) is 0. The molecule has 27 heavy (non-hydrogen) atoms. The van der Waals surface area contributed by atoms with Gasteiger partial charge in [-0.05, 0) is 66.7 Å². The predicted molar refractivity (Wildman–Crippen MR) is 109 cm³/mol. The van der Waals surface area contributed by atoms with Crippen LogP contribution in [0.4, 0.5) is 0 Å². The zero-order valence-corrected chi connectivity index (χ0v) is 18.8. The molecule has 0 spiro atoms. The number of rotatable bonds is 2. The second-order valence-corrected chi connectivity index (χ2v) is 11.0. The molecule has 0 aromatic heterocycles. The maximum atomic E-state index is 13.3. The van der Waals surface area contributed by atoms with E-state index in [0.29, 0.717) is 0 Å². The van der Waals surface area contributed by atoms with Crippen LogP contribution in [0.1, 0.15) is 76.2 Å². The summed E-state index contributed by atoms with van der Waals surface area (Å²) in [5, 5.41) is 12.3. The Morgan fingerprint density at radius 2 is 1.00 bits per heavy atom. The Morgan fingerprint density at radius 3 is 1.19 bits per heavy atom. The quantitative estimate of drug-likeness (QED) is 0.733. The molecule has 0 fully saturated rings. The van der Waals surface area contributed by atoms with Gasteiger partial charge in [0.1, 0.15) is 0 Å². The van der Waals surface area contributed by atoms with E-state index in [0.717, 1.165) is 11.4 Å². The second-order valence-electron chi connectivity index (χ2n) is 11.0. The Kier molecular flexibility index (Phi) is 5.13. The van der Waals surface area contributed by atoms with Gasteiger partial charge in [-0.3, -0.25) is 9.59 Å². The molecule has 0 radical (unpaired) electrons. The Hall–Kier alpha value is -1.72. The van der Waals surface area contributed by atoms with Crippen LogP contribution in [0.3, 0.4) is 0 Å². The molecule has 0 aromatic carbocycles. The van der Waals surface area contributed by atoms with Gasteiger partial charge in [-0.2, -0.15) is 10.2 Å². The molecule has 0 aromatic rings. The van der Waals surface area contributed by atoms with Crippen molar-refractivity contribution in [3.63, 3.8) is 0 Å². The van der Waals surface area contributed by atoms with Crippen LogP contribution in [-0.2, 0) is 9.59 Å². The summed E-state index contributed by atoms with van der Waals surface area (Å²) in [6.45, 7) is 22.0. The normalized spacial score (nSPS) is 25.9. The molecule has 6 heteroatoms. The monoisotopic (exact) mass is 376 g/mol. The summed E-state index contributed by atoms with van der Waals surface area (Å²) in [7, 11) is 0. The topological polar surface area (TPSA) is 65.3 Å². The lowest BCUT2D eigenvalue weighted by atomic mass is 9.64. The molecule has 0 saturated carbocycles. The average molecular weight is 377 g/mol. The summed E-state index contributed by atoms with van der Waals surface area (Å²) >= 11 is 0. The molecule has 6 nitrogen and oxygen atoms in total. The largest absolute Gasteiger partial charge is 0.272 e. The molecule has 0 N–H and O–H groups in total. The van der Waals surface area contributed by atoms with Gasteiger partial charge in [-0.1, -0.05) is 20.8 Å². The first kappa shape index (κ1) is 21.6. The zero-order chi connectivity index (χ0) is 21.1. The summed E-state index contributed by atoms with van der Waals surface area (Å²) in [4.78, 5) is 26.7. The van der Waals surface area contributed by atoms with Gasteiger partial charge in [0, 0.05) is 11.4 Å². The standard InChI is InChI=1S/C21H36N4O2/c1-12-14(17(26)24(22-12)20(6,7)8)16(19(3,4)5)15-13(2)23-25(18(15)27)21(9,10)11/h14-16H,1-11H3. The van der Waals surface area contributed by atoms with Crippen molar-refractivity contribution in [3.8, 4) is 0 Å². The van der Waals surface area contributed by atoms with E-state index in [9.17, 15) is 9.59 Å². The van der Waals surface area contributed by atoms with Crippen molar-refractivity contribution in [1.82, 2.24) is 10.0 Å². The minimum Gasteiger partial charge on any atom is -0.272 e. The Bertz CT molecular complexity index is 647. The van der Waals surface area contributed by atoms with E-state index in [-0.39, 0.29) is 23.1 Å². The van der Waals surface area contributed by atoms with Crippen LogP contribution in [0.2, 0.25) is 0 Å². The van der Waals surface area contributed by atoms with Gasteiger partial charge in [0.25, 0.3) is 11.8 Å². The number of carbonyl (C=O) groups excluding carboxylic acids is 2. The van der Waals surface area contributed by atoms with Gasteiger partial charge in [-0.25, -0.2) is 10.0 Å². The average Bonchev–Trinajstić information content (AvgIpc) is 2.89. The first-order valence-corrected chi connectivity index (χ1v) is 9.76. The Balaban J connectivity index is 2.51. The van der Waals surface area contributed by atoms with Gasteiger partial charge in [0.05, 0.1) is 22.9 Å². The molecule has 152 valence electrons. The van der Waals surface area contributed by atoms with Gasteiger partial charge in [0.2, 0.25) is 0 Å². The van der Waals surface area contributed by atoms with Gasteiger partial charge >= 0.3 is 0 Å². The molecule has 2 heterocycles. The number of carbonyl (C=O) groups is 2. The highest BCUT2D eigenvalue weighted by Gasteiger charge is 2.54. The van der Waals surface area contributed by atoms with Crippen molar-refractivity contribution in [2.75, 3.05) is 0 Å². The summed E-state index contributed by atoms with van der Waals surface area (Å²) in [6.07, 6.45) is 0.